The van der Waals surface area contributed by atoms with Crippen molar-refractivity contribution in [2.45, 2.75) is 31.2 Å². The molecule has 1 aromatic rings. The Bertz CT molecular complexity index is 280. The van der Waals surface area contributed by atoms with Crippen LogP contribution in [0.25, 0.3) is 0 Å². The van der Waals surface area contributed by atoms with Crippen molar-refractivity contribution in [2.24, 2.45) is 0 Å². The Balaban J connectivity index is 2.55. The van der Waals surface area contributed by atoms with Gasteiger partial charge in [0.1, 0.15) is 0 Å². The maximum absolute atomic E-state index is 3.44. The van der Waals surface area contributed by atoms with Crippen molar-refractivity contribution in [2.75, 3.05) is 0 Å². The second-order valence-electron chi connectivity index (χ2n) is 3.91. The molecule has 3 heteroatoms. The summed E-state index contributed by atoms with van der Waals surface area (Å²) in [4.78, 5) is 1.23. The maximum Gasteiger partial charge on any atom is 0.0239 e. The van der Waals surface area contributed by atoms with Crippen molar-refractivity contribution in [1.29, 1.82) is 0 Å². The van der Waals surface area contributed by atoms with Gasteiger partial charge in [-0.25, -0.2) is 0 Å². The van der Waals surface area contributed by atoms with E-state index < -0.39 is 0 Å². The molecule has 1 rings (SSSR count). The zero-order valence-electron chi connectivity index (χ0n) is 8.10. The van der Waals surface area contributed by atoms with Gasteiger partial charge in [0.15, 0.2) is 0 Å². The number of hydrogen-bond donors (Lipinski definition) is 1. The van der Waals surface area contributed by atoms with E-state index in [1.54, 1.807) is 11.9 Å². The molecule has 0 saturated heterocycles. The Morgan fingerprint density at radius 1 is 1.31 bits per heavy atom. The minimum Gasteiger partial charge on any atom is -0.255 e. The van der Waals surface area contributed by atoms with E-state index >= 15 is 0 Å². The molecular formula is C10H14BrNS. The predicted molar refractivity (Wildman–Crippen MR) is 62.9 cm³/mol. The highest BCUT2D eigenvalue weighted by Gasteiger charge is 2.08. The summed E-state index contributed by atoms with van der Waals surface area (Å²) >= 11 is 5.10. The summed E-state index contributed by atoms with van der Waals surface area (Å²) in [6.07, 6.45) is 0. The average molecular weight is 260 g/mol. The van der Waals surface area contributed by atoms with Crippen molar-refractivity contribution in [3.63, 3.8) is 0 Å². The fourth-order valence-electron chi connectivity index (χ4n) is 0.743. The molecule has 13 heavy (non-hydrogen) atoms. The van der Waals surface area contributed by atoms with Crippen molar-refractivity contribution in [3.8, 4) is 0 Å². The molecule has 0 amide bonds. The molecule has 1 aromatic carbocycles. The van der Waals surface area contributed by atoms with E-state index in [-0.39, 0.29) is 5.54 Å². The fraction of sp³-hybridized carbons (Fsp3) is 0.400. The molecule has 72 valence electrons. The smallest absolute Gasteiger partial charge is 0.0239 e. The van der Waals surface area contributed by atoms with Gasteiger partial charge in [-0.15, -0.1) is 0 Å². The average Bonchev–Trinajstić information content (AvgIpc) is 2.00. The molecule has 0 fully saturated rings. The van der Waals surface area contributed by atoms with Crippen molar-refractivity contribution in [3.05, 3.63) is 28.7 Å². The normalized spacial score (nSPS) is 11.7. The third-order valence-electron chi connectivity index (χ3n) is 1.27. The molecule has 0 aliphatic rings. The Hall–Kier alpha value is 0.01000. The van der Waals surface area contributed by atoms with Crippen LogP contribution in [0.3, 0.4) is 0 Å². The van der Waals surface area contributed by atoms with Crippen LogP contribution in [0.5, 0.6) is 0 Å². The second-order valence-corrected chi connectivity index (χ2v) is 5.71. The molecule has 0 spiro atoms. The maximum atomic E-state index is 3.44. The zero-order valence-corrected chi connectivity index (χ0v) is 10.5. The SMILES string of the molecule is CC(C)(C)NSc1cccc(Br)c1. The molecule has 0 unspecified atom stereocenters. The first-order chi connectivity index (χ1) is 5.97. The molecule has 0 bridgehead atoms. The van der Waals surface area contributed by atoms with Gasteiger partial charge in [0.25, 0.3) is 0 Å². The van der Waals surface area contributed by atoms with Crippen LogP contribution in [0.2, 0.25) is 0 Å². The third kappa shape index (κ3) is 4.69. The van der Waals surface area contributed by atoms with Crippen LogP contribution >= 0.6 is 27.9 Å². The van der Waals surface area contributed by atoms with E-state index in [4.69, 9.17) is 0 Å². The lowest BCUT2D eigenvalue weighted by Gasteiger charge is -2.19. The summed E-state index contributed by atoms with van der Waals surface area (Å²) in [6, 6.07) is 8.26. The van der Waals surface area contributed by atoms with Gasteiger partial charge in [-0.05, 0) is 50.9 Å². The monoisotopic (exact) mass is 259 g/mol. The first-order valence-corrected chi connectivity index (χ1v) is 5.78. The quantitative estimate of drug-likeness (QED) is 0.811. The molecule has 0 saturated carbocycles. The van der Waals surface area contributed by atoms with Gasteiger partial charge in [0.05, 0.1) is 0 Å². The van der Waals surface area contributed by atoms with Crippen molar-refractivity contribution in [1.82, 2.24) is 4.72 Å². The van der Waals surface area contributed by atoms with E-state index in [1.807, 2.05) is 12.1 Å². The van der Waals surface area contributed by atoms with Gasteiger partial charge < -0.3 is 0 Å². The molecule has 1 N–H and O–H groups in total. The molecular weight excluding hydrogens is 246 g/mol. The van der Waals surface area contributed by atoms with Gasteiger partial charge in [0, 0.05) is 14.9 Å². The number of benzene rings is 1. The topological polar surface area (TPSA) is 12.0 Å². The summed E-state index contributed by atoms with van der Waals surface area (Å²) < 4.78 is 4.48. The summed E-state index contributed by atoms with van der Waals surface area (Å²) in [5.74, 6) is 0. The highest BCUT2D eigenvalue weighted by molar-refractivity contribution is 9.10. The Morgan fingerprint density at radius 2 is 2.00 bits per heavy atom. The minimum atomic E-state index is 0.146. The largest absolute Gasteiger partial charge is 0.255 e. The minimum absolute atomic E-state index is 0.146. The first kappa shape index (κ1) is 11.1. The summed E-state index contributed by atoms with van der Waals surface area (Å²) in [7, 11) is 0. The highest BCUT2D eigenvalue weighted by atomic mass is 79.9. The Morgan fingerprint density at radius 3 is 2.54 bits per heavy atom. The van der Waals surface area contributed by atoms with Gasteiger partial charge in [-0.3, -0.25) is 4.72 Å². The zero-order chi connectivity index (χ0) is 9.90. The van der Waals surface area contributed by atoms with Crippen LogP contribution in [-0.2, 0) is 0 Å². The second kappa shape index (κ2) is 4.49. The predicted octanol–water partition coefficient (Wildman–Crippen LogP) is 3.84. The third-order valence-corrected chi connectivity index (χ3v) is 2.97. The highest BCUT2D eigenvalue weighted by Crippen LogP contribution is 2.21. The number of halogens is 1. The lowest BCUT2D eigenvalue weighted by atomic mass is 10.1. The van der Waals surface area contributed by atoms with E-state index in [0.717, 1.165) is 4.47 Å². The van der Waals surface area contributed by atoms with E-state index in [0.29, 0.717) is 0 Å². The summed E-state index contributed by atoms with van der Waals surface area (Å²) in [5.41, 5.74) is 0.146. The summed E-state index contributed by atoms with van der Waals surface area (Å²) in [6.45, 7) is 6.45. The van der Waals surface area contributed by atoms with E-state index in [9.17, 15) is 0 Å². The van der Waals surface area contributed by atoms with Crippen LogP contribution in [0.1, 0.15) is 20.8 Å². The van der Waals surface area contributed by atoms with Crippen LogP contribution in [0.4, 0.5) is 0 Å². The van der Waals surface area contributed by atoms with Crippen LogP contribution in [-0.4, -0.2) is 5.54 Å². The molecule has 1 nitrogen and oxygen atoms in total. The van der Waals surface area contributed by atoms with Gasteiger partial charge >= 0.3 is 0 Å². The van der Waals surface area contributed by atoms with Crippen molar-refractivity contribution < 1.29 is 0 Å². The van der Waals surface area contributed by atoms with Gasteiger partial charge in [0.2, 0.25) is 0 Å². The lowest BCUT2D eigenvalue weighted by Crippen LogP contribution is -2.29. The molecule has 0 aliphatic carbocycles. The summed E-state index contributed by atoms with van der Waals surface area (Å²) in [5, 5.41) is 0. The van der Waals surface area contributed by atoms with E-state index in [2.05, 4.69) is 53.6 Å². The van der Waals surface area contributed by atoms with E-state index in [1.165, 1.54) is 4.90 Å². The number of nitrogens with one attached hydrogen (secondary N) is 1. The lowest BCUT2D eigenvalue weighted by molar-refractivity contribution is 0.535. The van der Waals surface area contributed by atoms with Crippen molar-refractivity contribution >= 4 is 27.9 Å². The molecule has 0 aliphatic heterocycles. The van der Waals surface area contributed by atoms with Crippen LogP contribution < -0.4 is 4.72 Å². The Labute approximate surface area is 92.6 Å². The standard InChI is InChI=1S/C10H14BrNS/c1-10(2,3)12-13-9-6-4-5-8(11)7-9/h4-7,12H,1-3H3. The molecule has 0 heterocycles. The fourth-order valence-corrected chi connectivity index (χ4v) is 2.05. The molecule has 0 radical (unpaired) electrons. The first-order valence-electron chi connectivity index (χ1n) is 4.17. The number of hydrogen-bond acceptors (Lipinski definition) is 2. The number of rotatable bonds is 2. The van der Waals surface area contributed by atoms with Gasteiger partial charge in [-0.1, -0.05) is 22.0 Å². The van der Waals surface area contributed by atoms with Crippen LogP contribution in [0, 0.1) is 0 Å². The van der Waals surface area contributed by atoms with Crippen LogP contribution in [0.15, 0.2) is 33.6 Å². The van der Waals surface area contributed by atoms with Gasteiger partial charge in [-0.2, -0.15) is 0 Å². The molecule has 0 aromatic heterocycles. The Kier molecular flexibility index (Phi) is 3.83. The molecule has 0 atom stereocenters.